The molecule has 0 aliphatic carbocycles. The summed E-state index contributed by atoms with van der Waals surface area (Å²) in [4.78, 5) is 0. The fourth-order valence-corrected chi connectivity index (χ4v) is 2.92. The normalized spacial score (nSPS) is 12.6. The van der Waals surface area contributed by atoms with Crippen molar-refractivity contribution >= 4 is 15.9 Å². The standard InChI is InChI=1S/C17H24BrN3/c1-4-19-12-15(14-6-8-16(18)9-7-14)11-17-10-13(3)20-21(17)5-2/h6-10,15,19H,4-5,11-12H2,1-3H3. The van der Waals surface area contributed by atoms with Crippen LogP contribution in [0.15, 0.2) is 34.8 Å². The highest BCUT2D eigenvalue weighted by molar-refractivity contribution is 9.10. The van der Waals surface area contributed by atoms with Crippen LogP contribution in [-0.2, 0) is 13.0 Å². The molecule has 1 atom stereocenters. The Hall–Kier alpha value is -1.13. The third-order valence-electron chi connectivity index (χ3n) is 3.72. The number of hydrogen-bond acceptors (Lipinski definition) is 2. The number of nitrogens with one attached hydrogen (secondary N) is 1. The first kappa shape index (κ1) is 16.2. The molecule has 3 nitrogen and oxygen atoms in total. The van der Waals surface area contributed by atoms with Crippen molar-refractivity contribution in [1.29, 1.82) is 0 Å². The SMILES string of the molecule is CCNCC(Cc1cc(C)nn1CC)c1ccc(Br)cc1. The van der Waals surface area contributed by atoms with Crippen molar-refractivity contribution < 1.29 is 0 Å². The molecule has 0 saturated carbocycles. The van der Waals surface area contributed by atoms with Crippen LogP contribution in [0.2, 0.25) is 0 Å². The zero-order chi connectivity index (χ0) is 15.2. The summed E-state index contributed by atoms with van der Waals surface area (Å²) in [6, 6.07) is 10.9. The molecule has 1 aromatic heterocycles. The molecule has 1 unspecified atom stereocenters. The second-order valence-corrected chi connectivity index (χ2v) is 6.27. The number of nitrogens with zero attached hydrogens (tertiary/aromatic N) is 2. The summed E-state index contributed by atoms with van der Waals surface area (Å²) < 4.78 is 3.25. The Balaban J connectivity index is 2.21. The van der Waals surface area contributed by atoms with Crippen LogP contribution in [0.1, 0.15) is 36.7 Å². The van der Waals surface area contributed by atoms with Gasteiger partial charge in [-0.05, 0) is 50.6 Å². The third-order valence-corrected chi connectivity index (χ3v) is 4.25. The van der Waals surface area contributed by atoms with Gasteiger partial charge in [0.05, 0.1) is 5.69 Å². The van der Waals surface area contributed by atoms with Crippen LogP contribution in [0.4, 0.5) is 0 Å². The van der Waals surface area contributed by atoms with Gasteiger partial charge < -0.3 is 5.32 Å². The Labute approximate surface area is 135 Å². The van der Waals surface area contributed by atoms with Crippen LogP contribution in [0, 0.1) is 6.92 Å². The molecule has 1 heterocycles. The highest BCUT2D eigenvalue weighted by Crippen LogP contribution is 2.23. The number of aryl methyl sites for hydroxylation is 2. The van der Waals surface area contributed by atoms with Gasteiger partial charge in [-0.3, -0.25) is 4.68 Å². The second kappa shape index (κ2) is 7.76. The summed E-state index contributed by atoms with van der Waals surface area (Å²) in [5.74, 6) is 0.472. The fourth-order valence-electron chi connectivity index (χ4n) is 2.65. The van der Waals surface area contributed by atoms with Crippen LogP contribution in [-0.4, -0.2) is 22.9 Å². The Kier molecular flexibility index (Phi) is 6.00. The molecule has 1 N–H and O–H groups in total. The number of aromatic nitrogens is 2. The summed E-state index contributed by atoms with van der Waals surface area (Å²) >= 11 is 3.51. The number of halogens is 1. The average molecular weight is 350 g/mol. The van der Waals surface area contributed by atoms with E-state index in [1.807, 2.05) is 0 Å². The first-order valence-electron chi connectivity index (χ1n) is 7.63. The molecule has 0 aliphatic rings. The number of hydrogen-bond donors (Lipinski definition) is 1. The smallest absolute Gasteiger partial charge is 0.0596 e. The lowest BCUT2D eigenvalue weighted by Crippen LogP contribution is -2.23. The monoisotopic (exact) mass is 349 g/mol. The van der Waals surface area contributed by atoms with Crippen molar-refractivity contribution in [2.24, 2.45) is 0 Å². The minimum absolute atomic E-state index is 0.472. The summed E-state index contributed by atoms with van der Waals surface area (Å²) in [6.45, 7) is 9.28. The maximum Gasteiger partial charge on any atom is 0.0596 e. The van der Waals surface area contributed by atoms with Gasteiger partial charge in [0.2, 0.25) is 0 Å². The molecule has 2 rings (SSSR count). The summed E-state index contributed by atoms with van der Waals surface area (Å²) in [5, 5.41) is 8.04. The van der Waals surface area contributed by atoms with Crippen molar-refractivity contribution in [3.63, 3.8) is 0 Å². The molecule has 0 amide bonds. The van der Waals surface area contributed by atoms with E-state index in [-0.39, 0.29) is 0 Å². The largest absolute Gasteiger partial charge is 0.316 e. The molecular weight excluding hydrogens is 326 g/mol. The van der Waals surface area contributed by atoms with Gasteiger partial charge in [0.15, 0.2) is 0 Å². The molecule has 0 bridgehead atoms. The molecule has 1 aromatic carbocycles. The van der Waals surface area contributed by atoms with E-state index < -0.39 is 0 Å². The molecule has 0 fully saturated rings. The van der Waals surface area contributed by atoms with Crippen molar-refractivity contribution in [1.82, 2.24) is 15.1 Å². The van der Waals surface area contributed by atoms with Gasteiger partial charge in [0.1, 0.15) is 0 Å². The van der Waals surface area contributed by atoms with E-state index in [0.29, 0.717) is 5.92 Å². The number of likely N-dealkylation sites (N-methyl/N-ethyl adjacent to an activating group) is 1. The second-order valence-electron chi connectivity index (χ2n) is 5.35. The van der Waals surface area contributed by atoms with Gasteiger partial charge in [-0.15, -0.1) is 0 Å². The molecule has 0 radical (unpaired) electrons. The minimum Gasteiger partial charge on any atom is -0.316 e. The topological polar surface area (TPSA) is 29.9 Å². The van der Waals surface area contributed by atoms with E-state index in [9.17, 15) is 0 Å². The highest BCUT2D eigenvalue weighted by atomic mass is 79.9. The predicted molar refractivity (Wildman–Crippen MR) is 91.8 cm³/mol. The van der Waals surface area contributed by atoms with Crippen LogP contribution < -0.4 is 5.32 Å². The summed E-state index contributed by atoms with van der Waals surface area (Å²) in [5.41, 5.74) is 3.80. The first-order chi connectivity index (χ1) is 10.1. The molecule has 4 heteroatoms. The molecular formula is C17H24BrN3. The van der Waals surface area contributed by atoms with Crippen molar-refractivity contribution in [2.45, 2.75) is 39.7 Å². The van der Waals surface area contributed by atoms with E-state index in [1.165, 1.54) is 11.3 Å². The van der Waals surface area contributed by atoms with Crippen molar-refractivity contribution in [3.05, 3.63) is 51.8 Å². The first-order valence-corrected chi connectivity index (χ1v) is 8.42. The Morgan fingerprint density at radius 2 is 1.95 bits per heavy atom. The van der Waals surface area contributed by atoms with Crippen LogP contribution >= 0.6 is 15.9 Å². The average Bonchev–Trinajstić information content (AvgIpc) is 2.84. The van der Waals surface area contributed by atoms with Gasteiger partial charge in [0.25, 0.3) is 0 Å². The van der Waals surface area contributed by atoms with E-state index in [1.54, 1.807) is 0 Å². The lowest BCUT2D eigenvalue weighted by molar-refractivity contribution is 0.551. The van der Waals surface area contributed by atoms with E-state index in [2.05, 4.69) is 82.1 Å². The van der Waals surface area contributed by atoms with E-state index in [0.717, 1.165) is 36.2 Å². The highest BCUT2D eigenvalue weighted by Gasteiger charge is 2.15. The van der Waals surface area contributed by atoms with Gasteiger partial charge in [-0.2, -0.15) is 5.10 Å². The maximum atomic E-state index is 4.56. The van der Waals surface area contributed by atoms with E-state index in [4.69, 9.17) is 0 Å². The van der Waals surface area contributed by atoms with Crippen LogP contribution in [0.3, 0.4) is 0 Å². The lowest BCUT2D eigenvalue weighted by Gasteiger charge is -2.18. The molecule has 0 saturated heterocycles. The van der Waals surface area contributed by atoms with Gasteiger partial charge in [0, 0.05) is 29.2 Å². The van der Waals surface area contributed by atoms with Crippen LogP contribution in [0.5, 0.6) is 0 Å². The van der Waals surface area contributed by atoms with Gasteiger partial charge in [-0.1, -0.05) is 35.0 Å². The van der Waals surface area contributed by atoms with Gasteiger partial charge >= 0.3 is 0 Å². The molecule has 114 valence electrons. The van der Waals surface area contributed by atoms with Gasteiger partial charge in [-0.25, -0.2) is 0 Å². The predicted octanol–water partition coefficient (Wildman–Crippen LogP) is 3.91. The fraction of sp³-hybridized carbons (Fsp3) is 0.471. The zero-order valence-corrected chi connectivity index (χ0v) is 14.7. The lowest BCUT2D eigenvalue weighted by atomic mass is 9.94. The maximum absolute atomic E-state index is 4.56. The molecule has 21 heavy (non-hydrogen) atoms. The van der Waals surface area contributed by atoms with Crippen molar-refractivity contribution in [2.75, 3.05) is 13.1 Å². The molecule has 2 aromatic rings. The van der Waals surface area contributed by atoms with Crippen LogP contribution in [0.25, 0.3) is 0 Å². The third kappa shape index (κ3) is 4.42. The van der Waals surface area contributed by atoms with Crippen molar-refractivity contribution in [3.8, 4) is 0 Å². The van der Waals surface area contributed by atoms with E-state index >= 15 is 0 Å². The molecule has 0 spiro atoms. The minimum atomic E-state index is 0.472. The Bertz CT molecular complexity index is 560. The summed E-state index contributed by atoms with van der Waals surface area (Å²) in [7, 11) is 0. The summed E-state index contributed by atoms with van der Waals surface area (Å²) in [6.07, 6.45) is 1.02. The Morgan fingerprint density at radius 1 is 1.24 bits per heavy atom. The zero-order valence-electron chi connectivity index (χ0n) is 13.1. The molecule has 0 aliphatic heterocycles. The quantitative estimate of drug-likeness (QED) is 0.821. The number of rotatable bonds is 7. The number of benzene rings is 1. The Morgan fingerprint density at radius 3 is 2.57 bits per heavy atom.